The predicted octanol–water partition coefficient (Wildman–Crippen LogP) is 4.22. The number of ether oxygens (including phenoxy) is 1. The summed E-state index contributed by atoms with van der Waals surface area (Å²) in [6.07, 6.45) is -4.45. The van der Waals surface area contributed by atoms with E-state index in [0.717, 1.165) is 6.07 Å². The van der Waals surface area contributed by atoms with Crippen LogP contribution in [0.1, 0.15) is 19.4 Å². The molecule has 100 valence electrons. The SMILES string of the molecule is CCOC(C)=NOc1ccc(Br)c(C(F)(F)F)c1. The lowest BCUT2D eigenvalue weighted by Crippen LogP contribution is -2.06. The normalized spacial score (nSPS) is 12.4. The Morgan fingerprint density at radius 3 is 2.61 bits per heavy atom. The number of halogens is 4. The molecule has 0 aliphatic carbocycles. The summed E-state index contributed by atoms with van der Waals surface area (Å²) >= 11 is 2.84. The molecule has 0 spiro atoms. The molecule has 0 bridgehead atoms. The van der Waals surface area contributed by atoms with Crippen LogP contribution in [0.4, 0.5) is 13.2 Å². The van der Waals surface area contributed by atoms with Gasteiger partial charge in [0.2, 0.25) is 5.90 Å². The van der Waals surface area contributed by atoms with E-state index in [2.05, 4.69) is 21.1 Å². The van der Waals surface area contributed by atoms with Crippen molar-refractivity contribution in [3.8, 4) is 5.75 Å². The van der Waals surface area contributed by atoms with Gasteiger partial charge in [0, 0.05) is 11.4 Å². The summed E-state index contributed by atoms with van der Waals surface area (Å²) in [5, 5.41) is 3.55. The maximum absolute atomic E-state index is 12.6. The van der Waals surface area contributed by atoms with Crippen LogP contribution in [0.3, 0.4) is 0 Å². The zero-order valence-electron chi connectivity index (χ0n) is 9.71. The van der Waals surface area contributed by atoms with Crippen molar-refractivity contribution < 1.29 is 22.7 Å². The maximum Gasteiger partial charge on any atom is 0.417 e. The number of oxime groups is 1. The van der Waals surface area contributed by atoms with E-state index in [4.69, 9.17) is 9.57 Å². The fourth-order valence-electron chi connectivity index (χ4n) is 1.13. The molecule has 0 aliphatic rings. The first-order valence-corrected chi connectivity index (χ1v) is 5.85. The summed E-state index contributed by atoms with van der Waals surface area (Å²) in [5.74, 6) is 0.235. The summed E-state index contributed by atoms with van der Waals surface area (Å²) in [6, 6.07) is 3.50. The monoisotopic (exact) mass is 325 g/mol. The van der Waals surface area contributed by atoms with E-state index in [1.54, 1.807) is 13.8 Å². The molecule has 0 unspecified atom stereocenters. The molecule has 1 aromatic carbocycles. The smallest absolute Gasteiger partial charge is 0.417 e. The van der Waals surface area contributed by atoms with Crippen LogP contribution in [0, 0.1) is 0 Å². The number of benzene rings is 1. The van der Waals surface area contributed by atoms with Gasteiger partial charge in [0.1, 0.15) is 0 Å². The highest BCUT2D eigenvalue weighted by Crippen LogP contribution is 2.36. The first kappa shape index (κ1) is 14.8. The molecule has 0 heterocycles. The van der Waals surface area contributed by atoms with Crippen molar-refractivity contribution >= 4 is 21.8 Å². The summed E-state index contributed by atoms with van der Waals surface area (Å²) < 4.78 is 42.7. The number of nitrogens with zero attached hydrogens (tertiary/aromatic N) is 1. The molecule has 0 amide bonds. The molecule has 18 heavy (non-hydrogen) atoms. The van der Waals surface area contributed by atoms with Crippen LogP contribution in [0.15, 0.2) is 27.8 Å². The zero-order chi connectivity index (χ0) is 13.8. The average molecular weight is 326 g/mol. The van der Waals surface area contributed by atoms with E-state index < -0.39 is 11.7 Å². The molecule has 0 radical (unpaired) electrons. The van der Waals surface area contributed by atoms with Gasteiger partial charge in [-0.15, -0.1) is 0 Å². The van der Waals surface area contributed by atoms with Crippen molar-refractivity contribution in [1.82, 2.24) is 0 Å². The van der Waals surface area contributed by atoms with Crippen LogP contribution in [0.25, 0.3) is 0 Å². The van der Waals surface area contributed by atoms with E-state index >= 15 is 0 Å². The van der Waals surface area contributed by atoms with Crippen molar-refractivity contribution in [3.05, 3.63) is 28.2 Å². The number of rotatable bonds is 3. The van der Waals surface area contributed by atoms with Crippen LogP contribution in [0.2, 0.25) is 0 Å². The van der Waals surface area contributed by atoms with E-state index in [9.17, 15) is 13.2 Å². The molecule has 7 heteroatoms. The van der Waals surface area contributed by atoms with Gasteiger partial charge < -0.3 is 9.57 Å². The Labute approximate surface area is 111 Å². The van der Waals surface area contributed by atoms with Gasteiger partial charge in [0.15, 0.2) is 5.75 Å². The van der Waals surface area contributed by atoms with E-state index in [1.807, 2.05) is 0 Å². The molecule has 0 saturated heterocycles. The van der Waals surface area contributed by atoms with Crippen molar-refractivity contribution in [3.63, 3.8) is 0 Å². The lowest BCUT2D eigenvalue weighted by Gasteiger charge is -2.10. The molecule has 0 aliphatic heterocycles. The fraction of sp³-hybridized carbons (Fsp3) is 0.364. The lowest BCUT2D eigenvalue weighted by molar-refractivity contribution is -0.138. The third-order valence-electron chi connectivity index (χ3n) is 1.88. The Bertz CT molecular complexity index is 446. The molecule has 0 N–H and O–H groups in total. The highest BCUT2D eigenvalue weighted by Gasteiger charge is 2.33. The molecular weight excluding hydrogens is 315 g/mol. The van der Waals surface area contributed by atoms with Gasteiger partial charge in [-0.05, 0) is 30.3 Å². The predicted molar refractivity (Wildman–Crippen MR) is 64.5 cm³/mol. The Morgan fingerprint density at radius 2 is 2.06 bits per heavy atom. The minimum absolute atomic E-state index is 0.00965. The van der Waals surface area contributed by atoms with Crippen molar-refractivity contribution in [2.24, 2.45) is 5.16 Å². The van der Waals surface area contributed by atoms with Crippen LogP contribution in [-0.2, 0) is 10.9 Å². The average Bonchev–Trinajstić information content (AvgIpc) is 2.27. The fourth-order valence-corrected chi connectivity index (χ4v) is 1.60. The van der Waals surface area contributed by atoms with E-state index in [0.29, 0.717) is 6.61 Å². The standard InChI is InChI=1S/C11H11BrF3NO2/c1-3-17-7(2)16-18-8-4-5-10(12)9(6-8)11(13,14)15/h4-6H,3H2,1-2H3. The van der Waals surface area contributed by atoms with Crippen LogP contribution < -0.4 is 4.84 Å². The largest absolute Gasteiger partial charge is 0.479 e. The first-order chi connectivity index (χ1) is 8.34. The summed E-state index contributed by atoms with van der Waals surface area (Å²) in [5.41, 5.74) is -0.815. The molecule has 0 aromatic heterocycles. The van der Waals surface area contributed by atoms with Crippen molar-refractivity contribution in [2.45, 2.75) is 20.0 Å². The second-order valence-corrected chi connectivity index (χ2v) is 4.13. The number of alkyl halides is 3. The molecule has 3 nitrogen and oxygen atoms in total. The van der Waals surface area contributed by atoms with Gasteiger partial charge >= 0.3 is 6.18 Å². The summed E-state index contributed by atoms with van der Waals surface area (Å²) in [4.78, 5) is 4.85. The van der Waals surface area contributed by atoms with Gasteiger partial charge in [-0.1, -0.05) is 15.9 Å². The Morgan fingerprint density at radius 1 is 1.39 bits per heavy atom. The summed E-state index contributed by atoms with van der Waals surface area (Å²) in [7, 11) is 0. The molecule has 1 rings (SSSR count). The quantitative estimate of drug-likeness (QED) is 0.473. The molecule has 0 saturated carbocycles. The highest BCUT2D eigenvalue weighted by atomic mass is 79.9. The third-order valence-corrected chi connectivity index (χ3v) is 2.57. The van der Waals surface area contributed by atoms with Gasteiger partial charge in [0.05, 0.1) is 12.2 Å². The third kappa shape index (κ3) is 4.21. The molecule has 0 fully saturated rings. The molecular formula is C11H11BrF3NO2. The van der Waals surface area contributed by atoms with Crippen molar-refractivity contribution in [2.75, 3.05) is 6.61 Å². The zero-order valence-corrected chi connectivity index (χ0v) is 11.3. The highest BCUT2D eigenvalue weighted by molar-refractivity contribution is 9.10. The molecule has 0 atom stereocenters. The molecule has 1 aromatic rings. The number of hydrogen-bond donors (Lipinski definition) is 0. The Kier molecular flexibility index (Phi) is 5.01. The summed E-state index contributed by atoms with van der Waals surface area (Å²) in [6.45, 7) is 3.72. The first-order valence-electron chi connectivity index (χ1n) is 5.05. The van der Waals surface area contributed by atoms with Gasteiger partial charge in [0.25, 0.3) is 0 Å². The Balaban J connectivity index is 2.89. The van der Waals surface area contributed by atoms with Crippen LogP contribution in [0.5, 0.6) is 5.75 Å². The second kappa shape index (κ2) is 6.08. The van der Waals surface area contributed by atoms with Crippen molar-refractivity contribution in [1.29, 1.82) is 0 Å². The minimum atomic E-state index is -4.45. The van der Waals surface area contributed by atoms with Gasteiger partial charge in [-0.25, -0.2) is 0 Å². The van der Waals surface area contributed by atoms with Crippen LogP contribution >= 0.6 is 15.9 Å². The van der Waals surface area contributed by atoms with Gasteiger partial charge in [-0.3, -0.25) is 0 Å². The van der Waals surface area contributed by atoms with Crippen LogP contribution in [-0.4, -0.2) is 12.5 Å². The van der Waals surface area contributed by atoms with E-state index in [-0.39, 0.29) is 16.1 Å². The second-order valence-electron chi connectivity index (χ2n) is 3.27. The topological polar surface area (TPSA) is 30.8 Å². The number of hydrogen-bond acceptors (Lipinski definition) is 3. The van der Waals surface area contributed by atoms with E-state index in [1.165, 1.54) is 12.1 Å². The Hall–Kier alpha value is -1.24. The van der Waals surface area contributed by atoms with Gasteiger partial charge in [-0.2, -0.15) is 13.2 Å². The minimum Gasteiger partial charge on any atom is -0.479 e. The maximum atomic E-state index is 12.6. The lowest BCUT2D eigenvalue weighted by atomic mass is 10.2.